The molecule has 0 aromatic rings. The highest BCUT2D eigenvalue weighted by atomic mass is 16.7. The van der Waals surface area contributed by atoms with Crippen LogP contribution in [0.1, 0.15) is 79.1 Å². The lowest BCUT2D eigenvalue weighted by Crippen LogP contribution is -2.62. The predicted octanol–water partition coefficient (Wildman–Crippen LogP) is 2.97. The second-order valence-corrected chi connectivity index (χ2v) is 18.3. The van der Waals surface area contributed by atoms with Crippen molar-refractivity contribution in [2.45, 2.75) is 115 Å². The van der Waals surface area contributed by atoms with Gasteiger partial charge in [-0.1, -0.05) is 27.2 Å². The normalized spacial score (nSPS) is 38.9. The summed E-state index contributed by atoms with van der Waals surface area (Å²) in [6.45, 7) is 10.0. The van der Waals surface area contributed by atoms with Crippen LogP contribution < -0.4 is 16.0 Å². The number of carbonyl (C=O) groups excluding carboxylic acids is 3. The van der Waals surface area contributed by atoms with Gasteiger partial charge in [0.05, 0.1) is 18.6 Å². The van der Waals surface area contributed by atoms with E-state index in [0.29, 0.717) is 49.3 Å². The number of ether oxygens (including phenoxy) is 2. The number of aliphatic hydroxyl groups excluding tert-OH is 1. The fraction of sp³-hybridized carbons (Fsp3) is 0.925. The summed E-state index contributed by atoms with van der Waals surface area (Å²) in [6, 6.07) is -0.399. The molecule has 4 N–H and O–H groups in total. The van der Waals surface area contributed by atoms with Crippen LogP contribution in [0.15, 0.2) is 0 Å². The summed E-state index contributed by atoms with van der Waals surface area (Å²) in [7, 11) is 11.6. The van der Waals surface area contributed by atoms with Crippen LogP contribution in [0.5, 0.6) is 0 Å². The number of hydroxylamine groups is 2. The number of alkyl carbamates (subject to hydrolysis) is 1. The zero-order valence-electron chi connectivity index (χ0n) is 34.3. The first-order valence-electron chi connectivity index (χ1n) is 20.5. The Morgan fingerprint density at radius 1 is 1.04 bits per heavy atom. The lowest BCUT2D eigenvalue weighted by Gasteiger charge is -2.62. The van der Waals surface area contributed by atoms with E-state index in [1.54, 1.807) is 26.1 Å². The number of nitrogens with zero attached hydrogens (tertiary/aromatic N) is 3. The van der Waals surface area contributed by atoms with E-state index in [9.17, 15) is 19.5 Å². The molecule has 5 saturated carbocycles. The monoisotopic (exact) mass is 749 g/mol. The van der Waals surface area contributed by atoms with Gasteiger partial charge in [0.1, 0.15) is 18.2 Å². The molecule has 6 fully saturated rings. The largest absolute Gasteiger partial charge is 0.446 e. The van der Waals surface area contributed by atoms with Crippen molar-refractivity contribution in [2.75, 3.05) is 68.6 Å². The molecule has 304 valence electrons. The summed E-state index contributed by atoms with van der Waals surface area (Å²) >= 11 is 0. The first-order chi connectivity index (χ1) is 25.1. The maximum absolute atomic E-state index is 14.6. The van der Waals surface area contributed by atoms with E-state index in [2.05, 4.69) is 55.7 Å². The molecule has 13 heteroatoms. The number of hydrogen-bond donors (Lipinski definition) is 4. The van der Waals surface area contributed by atoms with Gasteiger partial charge in [0, 0.05) is 57.7 Å². The molecule has 6 rings (SSSR count). The van der Waals surface area contributed by atoms with Crippen molar-refractivity contribution in [1.29, 1.82) is 0 Å². The Bertz CT molecular complexity index is 1250. The number of nitrogens with one attached hydrogen (secondary N) is 3. The fourth-order valence-electron chi connectivity index (χ4n) is 11.3. The van der Waals surface area contributed by atoms with Crippen LogP contribution in [0.3, 0.4) is 0 Å². The number of hydrogen-bond acceptors (Lipinski definition) is 10. The van der Waals surface area contributed by atoms with E-state index in [1.807, 2.05) is 19.0 Å². The highest BCUT2D eigenvalue weighted by Gasteiger charge is 2.58. The Kier molecular flexibility index (Phi) is 14.2. The van der Waals surface area contributed by atoms with Crippen LogP contribution >= 0.6 is 0 Å². The molecule has 5 aliphatic carbocycles. The molecule has 6 aliphatic rings. The summed E-state index contributed by atoms with van der Waals surface area (Å²) in [5.74, 6) is 1.49. The van der Waals surface area contributed by atoms with E-state index in [0.717, 1.165) is 44.9 Å². The zero-order chi connectivity index (χ0) is 38.8. The van der Waals surface area contributed by atoms with Crippen LogP contribution in [0, 0.1) is 52.8 Å². The second kappa shape index (κ2) is 17.8. The van der Waals surface area contributed by atoms with Crippen LogP contribution in [0.2, 0.25) is 0 Å². The summed E-state index contributed by atoms with van der Waals surface area (Å²) in [4.78, 5) is 51.3. The maximum Gasteiger partial charge on any atom is 0.407 e. The lowest BCUT2D eigenvalue weighted by atomic mass is 9.45. The van der Waals surface area contributed by atoms with Gasteiger partial charge in [-0.3, -0.25) is 14.4 Å². The minimum atomic E-state index is -0.765. The highest BCUT2D eigenvalue weighted by molar-refractivity contribution is 5.83. The van der Waals surface area contributed by atoms with Crippen molar-refractivity contribution < 1.29 is 33.8 Å². The quantitative estimate of drug-likeness (QED) is 0.209. The third kappa shape index (κ3) is 9.17. The molecule has 0 aromatic heterocycles. The summed E-state index contributed by atoms with van der Waals surface area (Å²) < 4.78 is 12.3. The van der Waals surface area contributed by atoms with Gasteiger partial charge in [0.15, 0.2) is 0 Å². The number of fused-ring (bicyclic) bond motifs is 2. The molecule has 6 unspecified atom stereocenters. The number of methoxy groups -OCH3 is 1. The molecule has 53 heavy (non-hydrogen) atoms. The Balaban J connectivity index is 1.37. The molecular weight excluding hydrogens is 676 g/mol. The SMILES string of the molecule is CNC(=O)C1CC(C2CCCC(CN3O[C@@H](CO)[C@@H]([C@H](C)OC(=O)NCCN(C)C)[C@H]3C(=O)N[C@H]3C[C@H]4C[C@@H]([C@@H]3C)C4(C)C)C2OC)CC(N(C)C)C1. The van der Waals surface area contributed by atoms with E-state index in [4.69, 9.17) is 14.3 Å². The smallest absolute Gasteiger partial charge is 0.407 e. The van der Waals surface area contributed by atoms with E-state index >= 15 is 0 Å². The number of rotatable bonds is 14. The summed E-state index contributed by atoms with van der Waals surface area (Å²) in [5, 5.41) is 21.6. The molecule has 14 atom stereocenters. The molecule has 1 aliphatic heterocycles. The number of likely N-dealkylation sites (N-methyl/N-ethyl adjacent to an activating group) is 1. The molecule has 2 bridgehead atoms. The molecule has 1 heterocycles. The molecule has 1 saturated heterocycles. The summed E-state index contributed by atoms with van der Waals surface area (Å²) in [5.41, 5.74) is 0.286. The van der Waals surface area contributed by atoms with Crippen molar-refractivity contribution in [1.82, 2.24) is 30.8 Å². The molecule has 0 spiro atoms. The van der Waals surface area contributed by atoms with Gasteiger partial charge in [0.25, 0.3) is 0 Å². The molecule has 0 radical (unpaired) electrons. The molecular formula is C40H72N6O7. The van der Waals surface area contributed by atoms with Gasteiger partial charge in [-0.15, -0.1) is 0 Å². The highest BCUT2D eigenvalue weighted by Crippen LogP contribution is 2.61. The van der Waals surface area contributed by atoms with Gasteiger partial charge in [-0.25, -0.2) is 4.79 Å². The maximum atomic E-state index is 14.6. The number of amides is 3. The second-order valence-electron chi connectivity index (χ2n) is 18.3. The van der Waals surface area contributed by atoms with Gasteiger partial charge < -0.3 is 40.3 Å². The topological polar surface area (TPSA) is 145 Å². The lowest BCUT2D eigenvalue weighted by molar-refractivity contribution is -0.193. The molecule has 3 amide bonds. The van der Waals surface area contributed by atoms with E-state index in [1.165, 1.54) is 6.42 Å². The Morgan fingerprint density at radius 2 is 1.77 bits per heavy atom. The predicted molar refractivity (Wildman–Crippen MR) is 204 cm³/mol. The standard InChI is InChI=1S/C40H72N6O7/c1-23-31-19-28(40(31,3)4)20-32(23)43-38(49)35-34(24(2)52-39(50)42-14-15-44(6)7)33(22-47)53-46(35)21-25-12-11-13-30(36(25)51-10)26-16-27(37(48)41-5)18-29(17-26)45(8)9/h23-36,47H,11-22H2,1-10H3,(H,41,48)(H,42,50)(H,43,49)/t23-,24-,25?,26?,27?,28+,29?,30?,31-,32-,33-,34+,35-,36?/m0/s1. The number of carbonyl (C=O) groups is 3. The van der Waals surface area contributed by atoms with E-state index in [-0.39, 0.29) is 53.7 Å². The average molecular weight is 749 g/mol. The van der Waals surface area contributed by atoms with Gasteiger partial charge in [0.2, 0.25) is 11.8 Å². The Hall–Kier alpha value is -2.03. The van der Waals surface area contributed by atoms with Crippen LogP contribution in [0.4, 0.5) is 4.79 Å². The Labute approximate surface area is 318 Å². The molecule has 0 aromatic carbocycles. The van der Waals surface area contributed by atoms with Crippen LogP contribution in [0.25, 0.3) is 0 Å². The van der Waals surface area contributed by atoms with Crippen LogP contribution in [-0.4, -0.2) is 143 Å². The zero-order valence-corrected chi connectivity index (χ0v) is 34.3. The fourth-order valence-corrected chi connectivity index (χ4v) is 11.3. The van der Waals surface area contributed by atoms with Crippen molar-refractivity contribution in [3.05, 3.63) is 0 Å². The van der Waals surface area contributed by atoms with Crippen molar-refractivity contribution in [2.24, 2.45) is 52.8 Å². The van der Waals surface area contributed by atoms with Crippen molar-refractivity contribution >= 4 is 17.9 Å². The molecule has 13 nitrogen and oxygen atoms in total. The van der Waals surface area contributed by atoms with Gasteiger partial charge >= 0.3 is 6.09 Å². The average Bonchev–Trinajstić information content (AvgIpc) is 3.49. The van der Waals surface area contributed by atoms with Crippen molar-refractivity contribution in [3.8, 4) is 0 Å². The van der Waals surface area contributed by atoms with E-state index < -0.39 is 30.3 Å². The Morgan fingerprint density at radius 3 is 2.38 bits per heavy atom. The third-order valence-electron chi connectivity index (χ3n) is 14.5. The van der Waals surface area contributed by atoms with Crippen LogP contribution in [-0.2, 0) is 23.9 Å². The first-order valence-corrected chi connectivity index (χ1v) is 20.5. The van der Waals surface area contributed by atoms with Gasteiger partial charge in [-0.05, 0) is 115 Å². The van der Waals surface area contributed by atoms with Gasteiger partial charge in [-0.2, -0.15) is 5.06 Å². The third-order valence-corrected chi connectivity index (χ3v) is 14.5. The minimum Gasteiger partial charge on any atom is -0.446 e. The first kappa shape index (κ1) is 42.1. The summed E-state index contributed by atoms with van der Waals surface area (Å²) in [6.07, 6.45) is 5.77. The minimum absolute atomic E-state index is 0.0366. The van der Waals surface area contributed by atoms with Crippen molar-refractivity contribution in [3.63, 3.8) is 0 Å². The number of aliphatic hydroxyl groups is 1.